The molecule has 0 aromatic heterocycles. The van der Waals surface area contributed by atoms with Crippen LogP contribution in [-0.2, 0) is 19.1 Å². The van der Waals surface area contributed by atoms with Gasteiger partial charge < -0.3 is 15.0 Å². The number of hydrogen-bond donors (Lipinski definition) is 1. The van der Waals surface area contributed by atoms with Gasteiger partial charge in [-0.1, -0.05) is 45.2 Å². The predicted molar refractivity (Wildman–Crippen MR) is 117 cm³/mol. The van der Waals surface area contributed by atoms with E-state index in [0.717, 1.165) is 12.8 Å². The molecule has 0 spiro atoms. The maximum absolute atomic E-state index is 12.2. The number of ether oxygens (including phenoxy) is 1. The molecule has 2 amide bonds. The Kier molecular flexibility index (Phi) is 9.51. The second-order valence-electron chi connectivity index (χ2n) is 7.77. The molecule has 0 saturated heterocycles. The smallest absolute Gasteiger partial charge is 0.316 e. The first-order valence-electron chi connectivity index (χ1n) is 10.3. The van der Waals surface area contributed by atoms with Gasteiger partial charge in [-0.3, -0.25) is 14.4 Å². The second kappa shape index (κ2) is 11.9. The molecule has 1 aromatic carbocycles. The normalized spacial score (nSPS) is 14.5. The summed E-state index contributed by atoms with van der Waals surface area (Å²) < 4.78 is 5.00. The van der Waals surface area contributed by atoms with Crippen LogP contribution in [0.5, 0.6) is 0 Å². The molecule has 0 unspecified atom stereocenters. The molecule has 0 bridgehead atoms. The molecule has 1 aliphatic carbocycles. The fraction of sp³-hybridized carbons (Fsp3) is 0.591. The van der Waals surface area contributed by atoms with Crippen molar-refractivity contribution in [2.24, 2.45) is 0 Å². The molecular weight excluding hydrogens is 388 g/mol. The number of rotatable bonds is 9. The van der Waals surface area contributed by atoms with Crippen molar-refractivity contribution in [3.63, 3.8) is 0 Å². The van der Waals surface area contributed by atoms with Crippen LogP contribution < -0.4 is 5.32 Å². The van der Waals surface area contributed by atoms with Crippen LogP contribution in [-0.4, -0.2) is 53.9 Å². The van der Waals surface area contributed by atoms with Gasteiger partial charge in [0.15, 0.2) is 6.61 Å². The minimum atomic E-state index is -0.492. The third-order valence-corrected chi connectivity index (χ3v) is 6.08. The van der Waals surface area contributed by atoms with Crippen LogP contribution in [0.15, 0.2) is 24.3 Å². The van der Waals surface area contributed by atoms with E-state index < -0.39 is 5.97 Å². The standard InChI is InChI=1S/C22H32N2O4S/c1-16(2)17-9-11-18(12-10-17)23-20(25)13-28-22(27)15-29-14-21(26)24(3)19-7-5-4-6-8-19/h9-12,16,19H,4-8,13-15H2,1-3H3,(H,23,25). The Bertz CT molecular complexity index is 685. The van der Waals surface area contributed by atoms with Crippen molar-refractivity contribution in [3.8, 4) is 0 Å². The minimum absolute atomic E-state index is 0.0392. The van der Waals surface area contributed by atoms with Gasteiger partial charge in [0.25, 0.3) is 5.91 Å². The Morgan fingerprint density at radius 1 is 1.10 bits per heavy atom. The van der Waals surface area contributed by atoms with Crippen LogP contribution in [0.25, 0.3) is 0 Å². The number of hydrogen-bond acceptors (Lipinski definition) is 5. The van der Waals surface area contributed by atoms with Crippen LogP contribution in [0.4, 0.5) is 5.69 Å². The van der Waals surface area contributed by atoms with Gasteiger partial charge in [0.2, 0.25) is 5.91 Å². The number of amides is 2. The van der Waals surface area contributed by atoms with E-state index in [1.165, 1.54) is 36.6 Å². The van der Waals surface area contributed by atoms with E-state index in [4.69, 9.17) is 4.74 Å². The zero-order valence-electron chi connectivity index (χ0n) is 17.6. The third-order valence-electron chi connectivity index (χ3n) is 5.19. The number of carbonyl (C=O) groups excluding carboxylic acids is 3. The first-order valence-corrected chi connectivity index (χ1v) is 11.4. The molecule has 1 N–H and O–H groups in total. The van der Waals surface area contributed by atoms with Gasteiger partial charge in [-0.25, -0.2) is 0 Å². The number of anilines is 1. The molecule has 1 aliphatic rings. The summed E-state index contributed by atoms with van der Waals surface area (Å²) in [7, 11) is 1.84. The fourth-order valence-electron chi connectivity index (χ4n) is 3.33. The molecule has 1 aromatic rings. The number of carbonyl (C=O) groups is 3. The Balaban J connectivity index is 1.62. The van der Waals surface area contributed by atoms with E-state index in [1.807, 2.05) is 36.2 Å². The Morgan fingerprint density at radius 3 is 2.38 bits per heavy atom. The van der Waals surface area contributed by atoms with Crippen LogP contribution >= 0.6 is 11.8 Å². The van der Waals surface area contributed by atoms with Gasteiger partial charge in [0.05, 0.1) is 11.5 Å². The summed E-state index contributed by atoms with van der Waals surface area (Å²) in [6, 6.07) is 7.91. The summed E-state index contributed by atoms with van der Waals surface area (Å²) >= 11 is 1.22. The SMILES string of the molecule is CC(C)c1ccc(NC(=O)COC(=O)CSCC(=O)N(C)C2CCCCC2)cc1. The molecule has 0 atom stereocenters. The lowest BCUT2D eigenvalue weighted by Gasteiger charge is -2.31. The quantitative estimate of drug-likeness (QED) is 0.615. The molecule has 0 aliphatic heterocycles. The van der Waals surface area contributed by atoms with Crippen molar-refractivity contribution in [1.82, 2.24) is 4.90 Å². The van der Waals surface area contributed by atoms with Crippen molar-refractivity contribution in [1.29, 1.82) is 0 Å². The van der Waals surface area contributed by atoms with Crippen LogP contribution in [0.1, 0.15) is 57.4 Å². The fourth-order valence-corrected chi connectivity index (χ4v) is 4.06. The number of thioether (sulfide) groups is 1. The monoisotopic (exact) mass is 420 g/mol. The number of esters is 1. The Labute approximate surface area is 177 Å². The van der Waals surface area contributed by atoms with Crippen LogP contribution in [0.2, 0.25) is 0 Å². The first-order chi connectivity index (χ1) is 13.9. The average Bonchev–Trinajstić information content (AvgIpc) is 2.72. The highest BCUT2D eigenvalue weighted by molar-refractivity contribution is 8.00. The summed E-state index contributed by atoms with van der Waals surface area (Å²) in [6.45, 7) is 3.88. The number of nitrogens with zero attached hydrogens (tertiary/aromatic N) is 1. The molecular formula is C22H32N2O4S. The average molecular weight is 421 g/mol. The van der Waals surface area contributed by atoms with E-state index in [2.05, 4.69) is 19.2 Å². The molecule has 1 fully saturated rings. The van der Waals surface area contributed by atoms with Gasteiger partial charge >= 0.3 is 5.97 Å². The first kappa shape index (κ1) is 23.3. The molecule has 6 nitrogen and oxygen atoms in total. The van der Waals surface area contributed by atoms with E-state index in [0.29, 0.717) is 17.6 Å². The largest absolute Gasteiger partial charge is 0.455 e. The maximum Gasteiger partial charge on any atom is 0.316 e. The summed E-state index contributed by atoms with van der Waals surface area (Å²) in [5.74, 6) is -0.107. The lowest BCUT2D eigenvalue weighted by molar-refractivity contribution is -0.144. The molecule has 7 heteroatoms. The van der Waals surface area contributed by atoms with Gasteiger partial charge in [0.1, 0.15) is 0 Å². The van der Waals surface area contributed by atoms with Crippen molar-refractivity contribution in [2.75, 3.05) is 30.5 Å². The van der Waals surface area contributed by atoms with E-state index in [1.54, 1.807) is 0 Å². The molecule has 2 rings (SSSR count). The van der Waals surface area contributed by atoms with Crippen molar-refractivity contribution in [3.05, 3.63) is 29.8 Å². The summed E-state index contributed by atoms with van der Waals surface area (Å²) in [5, 5.41) is 2.71. The van der Waals surface area contributed by atoms with Crippen molar-refractivity contribution in [2.45, 2.75) is 57.9 Å². The van der Waals surface area contributed by atoms with Gasteiger partial charge in [0, 0.05) is 18.8 Å². The molecule has 0 heterocycles. The van der Waals surface area contributed by atoms with Crippen molar-refractivity contribution >= 4 is 35.2 Å². The lowest BCUT2D eigenvalue weighted by Crippen LogP contribution is -2.39. The summed E-state index contributed by atoms with van der Waals surface area (Å²) in [5.41, 5.74) is 1.86. The predicted octanol–water partition coefficient (Wildman–Crippen LogP) is 3.82. The van der Waals surface area contributed by atoms with E-state index in [9.17, 15) is 14.4 Å². The zero-order valence-corrected chi connectivity index (χ0v) is 18.4. The topological polar surface area (TPSA) is 75.7 Å². The van der Waals surface area contributed by atoms with Gasteiger partial charge in [-0.2, -0.15) is 0 Å². The summed E-state index contributed by atoms with van der Waals surface area (Å²) in [4.78, 5) is 37.8. The zero-order chi connectivity index (χ0) is 21.2. The van der Waals surface area contributed by atoms with E-state index in [-0.39, 0.29) is 29.9 Å². The third kappa shape index (κ3) is 8.09. The molecule has 29 heavy (non-hydrogen) atoms. The minimum Gasteiger partial charge on any atom is -0.455 e. The number of benzene rings is 1. The maximum atomic E-state index is 12.2. The highest BCUT2D eigenvalue weighted by Crippen LogP contribution is 2.22. The Morgan fingerprint density at radius 2 is 1.76 bits per heavy atom. The lowest BCUT2D eigenvalue weighted by atomic mass is 9.94. The van der Waals surface area contributed by atoms with Crippen LogP contribution in [0.3, 0.4) is 0 Å². The summed E-state index contributed by atoms with van der Waals surface area (Å²) in [6.07, 6.45) is 5.71. The van der Waals surface area contributed by atoms with Gasteiger partial charge in [-0.05, 0) is 36.5 Å². The second-order valence-corrected chi connectivity index (χ2v) is 8.76. The van der Waals surface area contributed by atoms with E-state index >= 15 is 0 Å². The van der Waals surface area contributed by atoms with Crippen LogP contribution in [0, 0.1) is 0 Å². The molecule has 1 saturated carbocycles. The molecule has 0 radical (unpaired) electrons. The van der Waals surface area contributed by atoms with Gasteiger partial charge in [-0.15, -0.1) is 11.8 Å². The van der Waals surface area contributed by atoms with Crippen molar-refractivity contribution < 1.29 is 19.1 Å². The Hall–Kier alpha value is -2.02. The number of nitrogens with one attached hydrogen (secondary N) is 1. The highest BCUT2D eigenvalue weighted by atomic mass is 32.2. The molecule has 160 valence electrons. The highest BCUT2D eigenvalue weighted by Gasteiger charge is 2.22.